The van der Waals surface area contributed by atoms with E-state index in [4.69, 9.17) is 5.73 Å². The minimum absolute atomic E-state index is 0.222. The molecule has 96 valence electrons. The second-order valence-corrected chi connectivity index (χ2v) is 4.57. The van der Waals surface area contributed by atoms with E-state index in [9.17, 15) is 13.2 Å². The van der Waals surface area contributed by atoms with Crippen LogP contribution < -0.4 is 10.5 Å². The Labute approximate surface area is 106 Å². The summed E-state index contributed by atoms with van der Waals surface area (Å²) in [5, 5.41) is 1.92. The van der Waals surface area contributed by atoms with Crippen molar-refractivity contribution in [2.75, 3.05) is 0 Å². The van der Waals surface area contributed by atoms with Gasteiger partial charge >= 0.3 is 6.36 Å². The first-order valence-corrected chi connectivity index (χ1v) is 5.99. The van der Waals surface area contributed by atoms with E-state index in [0.717, 1.165) is 16.0 Å². The molecule has 0 bridgehead atoms. The van der Waals surface area contributed by atoms with Gasteiger partial charge in [-0.2, -0.15) is 0 Å². The Bertz CT molecular complexity index is 519. The lowest BCUT2D eigenvalue weighted by Crippen LogP contribution is -2.16. The summed E-state index contributed by atoms with van der Waals surface area (Å²) in [7, 11) is 0. The summed E-state index contributed by atoms with van der Waals surface area (Å²) in [6.07, 6.45) is -4.66. The molecule has 0 saturated heterocycles. The summed E-state index contributed by atoms with van der Waals surface area (Å²) < 4.78 is 39.7. The number of halogens is 3. The Balaban J connectivity index is 2.17. The van der Waals surface area contributed by atoms with Crippen LogP contribution >= 0.6 is 11.3 Å². The minimum atomic E-state index is -4.66. The summed E-state index contributed by atoms with van der Waals surface area (Å²) in [6.45, 7) is 0.458. The third kappa shape index (κ3) is 3.24. The molecule has 0 aliphatic rings. The highest BCUT2D eigenvalue weighted by atomic mass is 32.1. The molecule has 2 aromatic rings. The van der Waals surface area contributed by atoms with Gasteiger partial charge in [0.05, 0.1) is 0 Å². The molecular formula is C12H10F3NOS. The molecule has 2 rings (SSSR count). The quantitative estimate of drug-likeness (QED) is 0.923. The van der Waals surface area contributed by atoms with Crippen LogP contribution in [0.15, 0.2) is 35.7 Å². The maximum absolute atomic E-state index is 12.0. The van der Waals surface area contributed by atoms with Gasteiger partial charge in [0, 0.05) is 11.4 Å². The van der Waals surface area contributed by atoms with Crippen LogP contribution in [0.25, 0.3) is 11.1 Å². The first-order chi connectivity index (χ1) is 8.48. The smallest absolute Gasteiger partial charge is 0.406 e. The summed E-state index contributed by atoms with van der Waals surface area (Å²) in [4.78, 5) is 1.03. The highest BCUT2D eigenvalue weighted by Gasteiger charge is 2.30. The standard InChI is InChI=1S/C12H10F3NOS/c13-12(14,15)17-10-3-1-8(2-4-10)9-5-11(6-16)18-7-9/h1-5,7H,6,16H2. The summed E-state index contributed by atoms with van der Waals surface area (Å²) in [5.41, 5.74) is 7.28. The van der Waals surface area contributed by atoms with Gasteiger partial charge in [-0.3, -0.25) is 0 Å². The molecule has 0 radical (unpaired) electrons. The second-order valence-electron chi connectivity index (χ2n) is 3.58. The van der Waals surface area contributed by atoms with E-state index in [-0.39, 0.29) is 5.75 Å². The molecule has 18 heavy (non-hydrogen) atoms. The molecule has 0 saturated carbocycles. The number of rotatable bonds is 3. The van der Waals surface area contributed by atoms with Gasteiger partial charge < -0.3 is 10.5 Å². The first-order valence-electron chi connectivity index (χ1n) is 5.11. The van der Waals surface area contributed by atoms with Gasteiger partial charge in [0.15, 0.2) is 0 Å². The Morgan fingerprint density at radius 2 is 1.78 bits per heavy atom. The maximum atomic E-state index is 12.0. The molecule has 0 spiro atoms. The van der Waals surface area contributed by atoms with E-state index >= 15 is 0 Å². The van der Waals surface area contributed by atoms with Gasteiger partial charge in [-0.25, -0.2) is 0 Å². The Hall–Kier alpha value is -1.53. The maximum Gasteiger partial charge on any atom is 0.573 e. The molecule has 0 aliphatic heterocycles. The Morgan fingerprint density at radius 3 is 2.28 bits per heavy atom. The molecule has 1 aromatic carbocycles. The zero-order chi connectivity index (χ0) is 13.2. The third-order valence-corrected chi connectivity index (χ3v) is 3.24. The average molecular weight is 273 g/mol. The van der Waals surface area contributed by atoms with E-state index in [1.165, 1.54) is 23.5 Å². The van der Waals surface area contributed by atoms with Crippen molar-refractivity contribution in [1.29, 1.82) is 0 Å². The van der Waals surface area contributed by atoms with Crippen LogP contribution in [-0.2, 0) is 6.54 Å². The number of thiophene rings is 1. The monoisotopic (exact) mass is 273 g/mol. The van der Waals surface area contributed by atoms with E-state index in [0.29, 0.717) is 6.54 Å². The van der Waals surface area contributed by atoms with Crippen molar-refractivity contribution in [3.05, 3.63) is 40.6 Å². The summed E-state index contributed by atoms with van der Waals surface area (Å²) in [6, 6.07) is 7.68. The predicted octanol–water partition coefficient (Wildman–Crippen LogP) is 3.77. The van der Waals surface area contributed by atoms with Crippen LogP contribution in [0.1, 0.15) is 4.88 Å². The van der Waals surface area contributed by atoms with Gasteiger partial charge in [-0.1, -0.05) is 12.1 Å². The van der Waals surface area contributed by atoms with Crippen molar-refractivity contribution in [3.8, 4) is 16.9 Å². The fraction of sp³-hybridized carbons (Fsp3) is 0.167. The molecule has 0 unspecified atom stereocenters. The fourth-order valence-corrected chi connectivity index (χ4v) is 2.26. The molecular weight excluding hydrogens is 263 g/mol. The zero-order valence-corrected chi connectivity index (χ0v) is 10.0. The van der Waals surface area contributed by atoms with E-state index < -0.39 is 6.36 Å². The van der Waals surface area contributed by atoms with Crippen LogP contribution in [0.2, 0.25) is 0 Å². The molecule has 2 nitrogen and oxygen atoms in total. The zero-order valence-electron chi connectivity index (χ0n) is 9.20. The predicted molar refractivity (Wildman–Crippen MR) is 64.3 cm³/mol. The van der Waals surface area contributed by atoms with Gasteiger partial charge in [-0.05, 0) is 34.7 Å². The SMILES string of the molecule is NCc1cc(-c2ccc(OC(F)(F)F)cc2)cs1. The first kappa shape index (κ1) is 12.9. The molecule has 6 heteroatoms. The number of hydrogen-bond donors (Lipinski definition) is 1. The highest BCUT2D eigenvalue weighted by molar-refractivity contribution is 7.10. The number of alkyl halides is 3. The van der Waals surface area contributed by atoms with Crippen LogP contribution in [0, 0.1) is 0 Å². The normalized spacial score (nSPS) is 11.6. The van der Waals surface area contributed by atoms with Crippen molar-refractivity contribution in [2.45, 2.75) is 12.9 Å². The van der Waals surface area contributed by atoms with Gasteiger partial charge in [0.1, 0.15) is 5.75 Å². The summed E-state index contributed by atoms with van der Waals surface area (Å²) >= 11 is 1.52. The van der Waals surface area contributed by atoms with Gasteiger partial charge in [-0.15, -0.1) is 24.5 Å². The molecule has 0 amide bonds. The van der Waals surface area contributed by atoms with Gasteiger partial charge in [0.2, 0.25) is 0 Å². The lowest BCUT2D eigenvalue weighted by molar-refractivity contribution is -0.274. The largest absolute Gasteiger partial charge is 0.573 e. The van der Waals surface area contributed by atoms with E-state index in [1.54, 1.807) is 12.1 Å². The lowest BCUT2D eigenvalue weighted by Gasteiger charge is -2.08. The van der Waals surface area contributed by atoms with Gasteiger partial charge in [0.25, 0.3) is 0 Å². The molecule has 0 fully saturated rings. The number of benzene rings is 1. The third-order valence-electron chi connectivity index (χ3n) is 2.28. The van der Waals surface area contributed by atoms with Crippen molar-refractivity contribution in [2.24, 2.45) is 5.73 Å². The molecule has 1 aromatic heterocycles. The highest BCUT2D eigenvalue weighted by Crippen LogP contribution is 2.29. The molecule has 0 aliphatic carbocycles. The van der Waals surface area contributed by atoms with Crippen LogP contribution in [-0.4, -0.2) is 6.36 Å². The summed E-state index contributed by atoms with van der Waals surface area (Å²) in [5.74, 6) is -0.222. The van der Waals surface area contributed by atoms with Crippen molar-refractivity contribution in [1.82, 2.24) is 0 Å². The minimum Gasteiger partial charge on any atom is -0.406 e. The second kappa shape index (κ2) is 4.99. The average Bonchev–Trinajstić information content (AvgIpc) is 2.76. The number of ether oxygens (including phenoxy) is 1. The number of nitrogens with two attached hydrogens (primary N) is 1. The fourth-order valence-electron chi connectivity index (χ4n) is 1.49. The molecule has 1 heterocycles. The molecule has 0 atom stereocenters. The number of hydrogen-bond acceptors (Lipinski definition) is 3. The molecule has 2 N–H and O–H groups in total. The van der Waals surface area contributed by atoms with Crippen LogP contribution in [0.3, 0.4) is 0 Å². The Morgan fingerprint density at radius 1 is 1.11 bits per heavy atom. The van der Waals surface area contributed by atoms with Crippen molar-refractivity contribution >= 4 is 11.3 Å². The topological polar surface area (TPSA) is 35.2 Å². The van der Waals surface area contributed by atoms with E-state index in [1.807, 2.05) is 11.4 Å². The van der Waals surface area contributed by atoms with Crippen molar-refractivity contribution < 1.29 is 17.9 Å². The van der Waals surface area contributed by atoms with Crippen molar-refractivity contribution in [3.63, 3.8) is 0 Å². The lowest BCUT2D eigenvalue weighted by atomic mass is 10.1. The van der Waals surface area contributed by atoms with Crippen LogP contribution in [0.4, 0.5) is 13.2 Å². The van der Waals surface area contributed by atoms with Crippen LogP contribution in [0.5, 0.6) is 5.75 Å². The van der Waals surface area contributed by atoms with E-state index in [2.05, 4.69) is 4.74 Å². The Kier molecular flexibility index (Phi) is 3.58.